The van der Waals surface area contributed by atoms with Gasteiger partial charge in [-0.05, 0) is 24.1 Å². The fourth-order valence-electron chi connectivity index (χ4n) is 0.988. The Hall–Kier alpha value is -0.480. The van der Waals surface area contributed by atoms with Crippen LogP contribution in [0.2, 0.25) is 0 Å². The van der Waals surface area contributed by atoms with Crippen molar-refractivity contribution in [3.05, 3.63) is 29.8 Å². The van der Waals surface area contributed by atoms with Gasteiger partial charge in [0.25, 0.3) is 0 Å². The number of rotatable bonds is 4. The van der Waals surface area contributed by atoms with Crippen molar-refractivity contribution in [1.82, 2.24) is 0 Å². The summed E-state index contributed by atoms with van der Waals surface area (Å²) in [5.41, 5.74) is 4.77. The van der Waals surface area contributed by atoms with E-state index in [1.54, 1.807) is 7.11 Å². The van der Waals surface area contributed by atoms with Gasteiger partial charge in [-0.3, -0.25) is 5.84 Å². The van der Waals surface area contributed by atoms with Crippen molar-refractivity contribution in [2.45, 2.75) is 6.42 Å². The number of methoxy groups -OCH3 is 1. The monoisotopic (exact) mass is 238 g/mol. The Kier molecular flexibility index (Phi) is 10.4. The molecule has 14 heavy (non-hydrogen) atoms. The highest BCUT2D eigenvalue weighted by molar-refractivity contribution is 5.85. The van der Waals surface area contributed by atoms with Crippen LogP contribution in [-0.4, -0.2) is 13.7 Å². The average Bonchev–Trinajstić information content (AvgIpc) is 2.15. The Labute approximate surface area is 96.8 Å². The zero-order valence-electron chi connectivity index (χ0n) is 8.03. The molecule has 82 valence electrons. The fourth-order valence-corrected chi connectivity index (χ4v) is 0.988. The molecule has 0 bridgehead atoms. The van der Waals surface area contributed by atoms with E-state index in [-0.39, 0.29) is 24.8 Å². The normalized spacial score (nSPS) is 8.43. The maximum atomic E-state index is 5.23. The number of benzene rings is 1. The Balaban J connectivity index is 0. The number of nitrogens with one attached hydrogen (secondary N) is 1. The molecule has 0 heterocycles. The minimum absolute atomic E-state index is 0. The van der Waals surface area contributed by atoms with E-state index in [4.69, 9.17) is 10.6 Å². The molecule has 1 rings (SSSR count). The lowest BCUT2D eigenvalue weighted by Crippen LogP contribution is -2.06. The molecule has 0 atom stereocenters. The lowest BCUT2D eigenvalue weighted by Gasteiger charge is -2.02. The largest absolute Gasteiger partial charge is 0.384 e. The number of ether oxygens (including phenoxy) is 1. The van der Waals surface area contributed by atoms with E-state index in [0.717, 1.165) is 18.7 Å². The average molecular weight is 239 g/mol. The molecule has 1 aromatic rings. The van der Waals surface area contributed by atoms with Gasteiger partial charge in [-0.1, -0.05) is 12.1 Å². The van der Waals surface area contributed by atoms with Crippen LogP contribution < -0.4 is 11.3 Å². The molecule has 5 heteroatoms. The third-order valence-corrected chi connectivity index (χ3v) is 1.72. The van der Waals surface area contributed by atoms with Gasteiger partial charge in [-0.2, -0.15) is 0 Å². The SMILES string of the molecule is COCCc1ccc(NN)cc1.Cl.Cl. The minimum atomic E-state index is 0. The predicted octanol–water partition coefficient (Wildman–Crippen LogP) is 2.00. The lowest BCUT2D eigenvalue weighted by molar-refractivity contribution is 0.202. The topological polar surface area (TPSA) is 47.3 Å². The molecular formula is C9H16Cl2N2O. The second-order valence-electron chi connectivity index (χ2n) is 2.58. The highest BCUT2D eigenvalue weighted by atomic mass is 35.5. The van der Waals surface area contributed by atoms with Gasteiger partial charge in [0.15, 0.2) is 0 Å². The van der Waals surface area contributed by atoms with Crippen molar-refractivity contribution in [3.63, 3.8) is 0 Å². The summed E-state index contributed by atoms with van der Waals surface area (Å²) in [6.07, 6.45) is 0.946. The molecule has 0 aliphatic carbocycles. The molecule has 3 nitrogen and oxygen atoms in total. The van der Waals surface area contributed by atoms with E-state index in [1.807, 2.05) is 24.3 Å². The van der Waals surface area contributed by atoms with E-state index >= 15 is 0 Å². The van der Waals surface area contributed by atoms with Crippen molar-refractivity contribution in [3.8, 4) is 0 Å². The molecule has 0 saturated heterocycles. The first-order chi connectivity index (χ1) is 5.86. The van der Waals surface area contributed by atoms with Crippen LogP contribution in [0, 0.1) is 0 Å². The second-order valence-corrected chi connectivity index (χ2v) is 2.58. The molecule has 1 aromatic carbocycles. The first-order valence-corrected chi connectivity index (χ1v) is 3.91. The molecular weight excluding hydrogens is 223 g/mol. The lowest BCUT2D eigenvalue weighted by atomic mass is 10.1. The van der Waals surface area contributed by atoms with Crippen LogP contribution in [0.3, 0.4) is 0 Å². The molecule has 0 aromatic heterocycles. The standard InChI is InChI=1S/C9H14N2O.2ClH/c1-12-7-6-8-2-4-9(11-10)5-3-8;;/h2-5,11H,6-7,10H2,1H3;2*1H. The van der Waals surface area contributed by atoms with E-state index in [1.165, 1.54) is 5.56 Å². The first kappa shape index (κ1) is 16.0. The van der Waals surface area contributed by atoms with Crippen LogP contribution in [0.4, 0.5) is 5.69 Å². The summed E-state index contributed by atoms with van der Waals surface area (Å²) in [6.45, 7) is 0.759. The predicted molar refractivity (Wildman–Crippen MR) is 64.3 cm³/mol. The Morgan fingerprint density at radius 3 is 2.21 bits per heavy atom. The molecule has 3 N–H and O–H groups in total. The van der Waals surface area contributed by atoms with Crippen molar-refractivity contribution in [2.24, 2.45) is 5.84 Å². The van der Waals surface area contributed by atoms with Gasteiger partial charge in [0.1, 0.15) is 0 Å². The van der Waals surface area contributed by atoms with Crippen LogP contribution in [-0.2, 0) is 11.2 Å². The number of hydrogen-bond donors (Lipinski definition) is 2. The van der Waals surface area contributed by atoms with Crippen molar-refractivity contribution in [1.29, 1.82) is 0 Å². The van der Waals surface area contributed by atoms with Crippen LogP contribution in [0.5, 0.6) is 0 Å². The van der Waals surface area contributed by atoms with Gasteiger partial charge in [0.05, 0.1) is 6.61 Å². The summed E-state index contributed by atoms with van der Waals surface area (Å²) in [4.78, 5) is 0. The van der Waals surface area contributed by atoms with Gasteiger partial charge in [0, 0.05) is 12.8 Å². The number of halogens is 2. The van der Waals surface area contributed by atoms with Crippen LogP contribution in [0.25, 0.3) is 0 Å². The molecule has 0 unspecified atom stereocenters. The zero-order valence-corrected chi connectivity index (χ0v) is 9.66. The van der Waals surface area contributed by atoms with Crippen LogP contribution in [0.15, 0.2) is 24.3 Å². The fraction of sp³-hybridized carbons (Fsp3) is 0.333. The number of nitrogens with two attached hydrogens (primary N) is 1. The summed E-state index contributed by atoms with van der Waals surface area (Å²) >= 11 is 0. The van der Waals surface area contributed by atoms with E-state index in [9.17, 15) is 0 Å². The van der Waals surface area contributed by atoms with Crippen molar-refractivity contribution >= 4 is 30.5 Å². The molecule has 0 saturated carbocycles. The number of nitrogen functional groups attached to an aromatic ring is 1. The maximum Gasteiger partial charge on any atom is 0.0502 e. The maximum absolute atomic E-state index is 5.23. The minimum Gasteiger partial charge on any atom is -0.384 e. The quantitative estimate of drug-likeness (QED) is 0.624. The molecule has 0 aliphatic heterocycles. The van der Waals surface area contributed by atoms with Gasteiger partial charge < -0.3 is 10.2 Å². The smallest absolute Gasteiger partial charge is 0.0502 e. The van der Waals surface area contributed by atoms with E-state index in [0.29, 0.717) is 0 Å². The Morgan fingerprint density at radius 2 is 1.79 bits per heavy atom. The van der Waals surface area contributed by atoms with Gasteiger partial charge in [0.2, 0.25) is 0 Å². The third-order valence-electron chi connectivity index (χ3n) is 1.72. The van der Waals surface area contributed by atoms with Crippen molar-refractivity contribution in [2.75, 3.05) is 19.1 Å². The first-order valence-electron chi connectivity index (χ1n) is 3.91. The highest BCUT2D eigenvalue weighted by Crippen LogP contribution is 2.08. The summed E-state index contributed by atoms with van der Waals surface area (Å²) < 4.78 is 4.96. The summed E-state index contributed by atoms with van der Waals surface area (Å²) in [6, 6.07) is 7.97. The van der Waals surface area contributed by atoms with Crippen molar-refractivity contribution < 1.29 is 4.74 Å². The molecule has 0 fully saturated rings. The Morgan fingerprint density at radius 1 is 1.21 bits per heavy atom. The van der Waals surface area contributed by atoms with Crippen LogP contribution in [0.1, 0.15) is 5.56 Å². The van der Waals surface area contributed by atoms with E-state index < -0.39 is 0 Å². The number of anilines is 1. The number of hydrogen-bond acceptors (Lipinski definition) is 3. The summed E-state index contributed by atoms with van der Waals surface area (Å²) in [5.74, 6) is 5.23. The highest BCUT2D eigenvalue weighted by Gasteiger charge is 1.92. The molecule has 0 aliphatic rings. The van der Waals surface area contributed by atoms with Gasteiger partial charge in [-0.25, -0.2) is 0 Å². The van der Waals surface area contributed by atoms with Crippen LogP contribution >= 0.6 is 24.8 Å². The molecule has 0 radical (unpaired) electrons. The second kappa shape index (κ2) is 9.09. The van der Waals surface area contributed by atoms with Gasteiger partial charge >= 0.3 is 0 Å². The zero-order chi connectivity index (χ0) is 8.81. The summed E-state index contributed by atoms with van der Waals surface area (Å²) in [5, 5.41) is 0. The van der Waals surface area contributed by atoms with Gasteiger partial charge in [-0.15, -0.1) is 24.8 Å². The summed E-state index contributed by atoms with van der Waals surface area (Å²) in [7, 11) is 1.70. The Bertz CT molecular complexity index is 229. The molecule has 0 amide bonds. The third kappa shape index (κ3) is 5.29. The molecule has 0 spiro atoms. The number of hydrazine groups is 1. The van der Waals surface area contributed by atoms with E-state index in [2.05, 4.69) is 5.43 Å².